The Bertz CT molecular complexity index is 495. The van der Waals surface area contributed by atoms with Crippen LogP contribution in [0.4, 0.5) is 5.69 Å². The fourth-order valence-corrected chi connectivity index (χ4v) is 1.29. The van der Waals surface area contributed by atoms with Gasteiger partial charge in [0.2, 0.25) is 5.91 Å². The van der Waals surface area contributed by atoms with Gasteiger partial charge in [-0.2, -0.15) is 0 Å². The number of pyridine rings is 1. The van der Waals surface area contributed by atoms with E-state index < -0.39 is 0 Å². The van der Waals surface area contributed by atoms with E-state index in [1.807, 2.05) is 0 Å². The minimum atomic E-state index is -0.176. The molecule has 0 saturated carbocycles. The van der Waals surface area contributed by atoms with Crippen LogP contribution in [-0.4, -0.2) is 25.9 Å². The van der Waals surface area contributed by atoms with Gasteiger partial charge in [-0.25, -0.2) is 4.68 Å². The van der Waals surface area contributed by atoms with Crippen LogP contribution >= 0.6 is 0 Å². The molecule has 2 aromatic rings. The summed E-state index contributed by atoms with van der Waals surface area (Å²) in [5.41, 5.74) is 6.75. The lowest BCUT2D eigenvalue weighted by molar-refractivity contribution is -0.116. The Labute approximate surface area is 97.6 Å². The number of aromatic nitrogens is 4. The lowest BCUT2D eigenvalue weighted by atomic mass is 10.4. The molecule has 0 spiro atoms. The molecule has 7 nitrogen and oxygen atoms in total. The lowest BCUT2D eigenvalue weighted by Crippen LogP contribution is -2.19. The highest BCUT2D eigenvalue weighted by Crippen LogP contribution is 2.03. The Morgan fingerprint density at radius 2 is 2.18 bits per heavy atom. The molecular formula is C10H12N6O. The van der Waals surface area contributed by atoms with E-state index in [0.29, 0.717) is 17.9 Å². The number of amides is 1. The molecule has 0 radical (unpaired) electrons. The Morgan fingerprint density at radius 1 is 1.41 bits per heavy atom. The van der Waals surface area contributed by atoms with Crippen molar-refractivity contribution in [1.29, 1.82) is 0 Å². The third-order valence-corrected chi connectivity index (χ3v) is 2.06. The van der Waals surface area contributed by atoms with E-state index in [4.69, 9.17) is 5.73 Å². The van der Waals surface area contributed by atoms with Crippen molar-refractivity contribution in [3.8, 4) is 0 Å². The lowest BCUT2D eigenvalue weighted by Gasteiger charge is -2.03. The topological polar surface area (TPSA) is 98.7 Å². The summed E-state index contributed by atoms with van der Waals surface area (Å²) in [7, 11) is 0. The number of hydrogen-bond acceptors (Lipinski definition) is 5. The molecule has 2 aromatic heterocycles. The molecule has 7 heteroatoms. The zero-order valence-corrected chi connectivity index (χ0v) is 9.08. The quantitative estimate of drug-likeness (QED) is 0.758. The van der Waals surface area contributed by atoms with Gasteiger partial charge in [0.05, 0.1) is 11.9 Å². The van der Waals surface area contributed by atoms with Crippen LogP contribution in [0.1, 0.15) is 5.69 Å². The normalized spacial score (nSPS) is 10.2. The summed E-state index contributed by atoms with van der Waals surface area (Å²) in [6.07, 6.45) is 4.86. The maximum Gasteiger partial charge on any atom is 0.246 e. The predicted octanol–water partition coefficient (Wildman–Crippen LogP) is -0.230. The van der Waals surface area contributed by atoms with Crippen molar-refractivity contribution in [1.82, 2.24) is 20.0 Å². The number of nitrogens with one attached hydrogen (secondary N) is 1. The largest absolute Gasteiger partial charge is 0.325 e. The first-order valence-electron chi connectivity index (χ1n) is 5.07. The van der Waals surface area contributed by atoms with Crippen LogP contribution in [0.5, 0.6) is 0 Å². The fourth-order valence-electron chi connectivity index (χ4n) is 1.29. The van der Waals surface area contributed by atoms with Crippen LogP contribution in [0.25, 0.3) is 0 Å². The first-order valence-corrected chi connectivity index (χ1v) is 5.07. The molecule has 0 unspecified atom stereocenters. The minimum absolute atomic E-state index is 0.106. The molecule has 2 rings (SSSR count). The molecule has 0 fully saturated rings. The zero-order chi connectivity index (χ0) is 12.1. The summed E-state index contributed by atoms with van der Waals surface area (Å²) in [5, 5.41) is 10.3. The Kier molecular flexibility index (Phi) is 3.41. The molecule has 88 valence electrons. The van der Waals surface area contributed by atoms with Gasteiger partial charge in [-0.1, -0.05) is 5.21 Å². The van der Waals surface area contributed by atoms with E-state index in [1.54, 1.807) is 30.7 Å². The SMILES string of the molecule is NCc1cn(CC(=O)Nc2ccncc2)nn1. The van der Waals surface area contributed by atoms with Crippen molar-refractivity contribution in [2.45, 2.75) is 13.1 Å². The Hall–Kier alpha value is -2.28. The van der Waals surface area contributed by atoms with Crippen LogP contribution in [-0.2, 0) is 17.9 Å². The third-order valence-electron chi connectivity index (χ3n) is 2.06. The second-order valence-corrected chi connectivity index (χ2v) is 3.40. The Morgan fingerprint density at radius 3 is 2.82 bits per heavy atom. The molecular weight excluding hydrogens is 220 g/mol. The second-order valence-electron chi connectivity index (χ2n) is 3.40. The molecule has 0 atom stereocenters. The van der Waals surface area contributed by atoms with Crippen LogP contribution in [0.15, 0.2) is 30.7 Å². The maximum atomic E-state index is 11.6. The van der Waals surface area contributed by atoms with Gasteiger partial charge in [-0.15, -0.1) is 5.10 Å². The van der Waals surface area contributed by atoms with E-state index >= 15 is 0 Å². The summed E-state index contributed by atoms with van der Waals surface area (Å²) < 4.78 is 1.44. The number of carbonyl (C=O) groups excluding carboxylic acids is 1. The molecule has 0 saturated heterocycles. The number of rotatable bonds is 4. The third kappa shape index (κ3) is 3.08. The molecule has 2 heterocycles. The number of hydrogen-bond donors (Lipinski definition) is 2. The highest BCUT2D eigenvalue weighted by Gasteiger charge is 2.05. The van der Waals surface area contributed by atoms with Gasteiger partial charge in [0.15, 0.2) is 0 Å². The molecule has 0 aromatic carbocycles. The van der Waals surface area contributed by atoms with Gasteiger partial charge in [-0.3, -0.25) is 9.78 Å². The first-order chi connectivity index (χ1) is 8.28. The molecule has 0 aliphatic rings. The van der Waals surface area contributed by atoms with Crippen LogP contribution in [0, 0.1) is 0 Å². The van der Waals surface area contributed by atoms with Crippen LogP contribution < -0.4 is 11.1 Å². The average Bonchev–Trinajstić information content (AvgIpc) is 2.78. The van der Waals surface area contributed by atoms with Gasteiger partial charge >= 0.3 is 0 Å². The number of nitrogens with two attached hydrogens (primary N) is 1. The van der Waals surface area contributed by atoms with Crippen molar-refractivity contribution in [2.24, 2.45) is 5.73 Å². The zero-order valence-electron chi connectivity index (χ0n) is 9.08. The van der Waals surface area contributed by atoms with Gasteiger partial charge < -0.3 is 11.1 Å². The summed E-state index contributed by atoms with van der Waals surface area (Å²) >= 11 is 0. The van der Waals surface area contributed by atoms with E-state index in [9.17, 15) is 4.79 Å². The van der Waals surface area contributed by atoms with Crippen LogP contribution in [0.2, 0.25) is 0 Å². The van der Waals surface area contributed by atoms with Crippen molar-refractivity contribution in [2.75, 3.05) is 5.32 Å². The molecule has 1 amide bonds. The number of nitrogens with zero attached hydrogens (tertiary/aromatic N) is 4. The molecule has 3 N–H and O–H groups in total. The smallest absolute Gasteiger partial charge is 0.246 e. The van der Waals surface area contributed by atoms with E-state index in [2.05, 4.69) is 20.6 Å². The summed E-state index contributed by atoms with van der Waals surface area (Å²) in [6.45, 7) is 0.418. The van der Waals surface area contributed by atoms with Crippen molar-refractivity contribution in [3.05, 3.63) is 36.4 Å². The van der Waals surface area contributed by atoms with Crippen molar-refractivity contribution >= 4 is 11.6 Å². The van der Waals surface area contributed by atoms with Gasteiger partial charge in [0.25, 0.3) is 0 Å². The monoisotopic (exact) mass is 232 g/mol. The minimum Gasteiger partial charge on any atom is -0.325 e. The van der Waals surface area contributed by atoms with Crippen molar-refractivity contribution in [3.63, 3.8) is 0 Å². The summed E-state index contributed by atoms with van der Waals surface area (Å²) in [4.78, 5) is 15.5. The van der Waals surface area contributed by atoms with E-state index in [-0.39, 0.29) is 12.5 Å². The maximum absolute atomic E-state index is 11.6. The van der Waals surface area contributed by atoms with Gasteiger partial charge in [-0.05, 0) is 12.1 Å². The van der Waals surface area contributed by atoms with Gasteiger partial charge in [0, 0.05) is 24.6 Å². The molecule has 0 aliphatic carbocycles. The number of anilines is 1. The van der Waals surface area contributed by atoms with Crippen molar-refractivity contribution < 1.29 is 4.79 Å². The highest BCUT2D eigenvalue weighted by molar-refractivity contribution is 5.90. The molecule has 0 bridgehead atoms. The fraction of sp³-hybridized carbons (Fsp3) is 0.200. The van der Waals surface area contributed by atoms with Gasteiger partial charge in [0.1, 0.15) is 6.54 Å². The summed E-state index contributed by atoms with van der Waals surface area (Å²) in [6, 6.07) is 3.43. The molecule has 0 aliphatic heterocycles. The van der Waals surface area contributed by atoms with Crippen LogP contribution in [0.3, 0.4) is 0 Å². The first kappa shape index (κ1) is 11.2. The molecule has 17 heavy (non-hydrogen) atoms. The predicted molar refractivity (Wildman–Crippen MR) is 60.8 cm³/mol. The second kappa shape index (κ2) is 5.17. The standard InChI is InChI=1S/C10H12N6O/c11-5-9-6-16(15-14-9)7-10(17)13-8-1-3-12-4-2-8/h1-4,6H,5,7,11H2,(H,12,13,17). The Balaban J connectivity index is 1.93. The van der Waals surface area contributed by atoms with E-state index in [1.165, 1.54) is 4.68 Å². The summed E-state index contributed by atoms with van der Waals surface area (Å²) in [5.74, 6) is -0.176. The highest BCUT2D eigenvalue weighted by atomic mass is 16.2. The van der Waals surface area contributed by atoms with E-state index in [0.717, 1.165) is 0 Å². The number of carbonyl (C=O) groups is 1. The average molecular weight is 232 g/mol.